The molecule has 2 atom stereocenters. The van der Waals surface area contributed by atoms with Gasteiger partial charge in [-0.15, -0.1) is 0 Å². The fourth-order valence-electron chi connectivity index (χ4n) is 1.88. The van der Waals surface area contributed by atoms with Gasteiger partial charge in [-0.2, -0.15) is 13.2 Å². The summed E-state index contributed by atoms with van der Waals surface area (Å²) < 4.78 is 38.6. The first-order valence-corrected chi connectivity index (χ1v) is 6.43. The van der Waals surface area contributed by atoms with E-state index in [4.69, 9.17) is 0 Å². The van der Waals surface area contributed by atoms with Crippen molar-refractivity contribution in [3.63, 3.8) is 0 Å². The molecule has 0 aliphatic rings. The lowest BCUT2D eigenvalue weighted by atomic mass is 9.99. The van der Waals surface area contributed by atoms with Crippen LogP contribution in [0, 0.1) is 16.0 Å². The predicted molar refractivity (Wildman–Crippen MR) is 72.0 cm³/mol. The number of hydrogen-bond donors (Lipinski definition) is 2. The van der Waals surface area contributed by atoms with Crippen LogP contribution in [0.2, 0.25) is 0 Å². The Morgan fingerprint density at radius 1 is 1.43 bits per heavy atom. The molecule has 1 aromatic carbocycles. The van der Waals surface area contributed by atoms with Crippen LogP contribution in [0.25, 0.3) is 0 Å². The van der Waals surface area contributed by atoms with Crippen LogP contribution in [0.3, 0.4) is 0 Å². The monoisotopic (exact) mass is 306 g/mol. The summed E-state index contributed by atoms with van der Waals surface area (Å²) >= 11 is 0. The third-order valence-corrected chi connectivity index (χ3v) is 3.38. The molecule has 0 aliphatic carbocycles. The minimum Gasteiger partial charge on any atom is -0.394 e. The number of benzene rings is 1. The molecule has 8 heteroatoms. The molecule has 2 N–H and O–H groups in total. The van der Waals surface area contributed by atoms with Crippen molar-refractivity contribution in [2.75, 3.05) is 11.9 Å². The van der Waals surface area contributed by atoms with Crippen LogP contribution in [0.15, 0.2) is 18.2 Å². The van der Waals surface area contributed by atoms with E-state index in [1.807, 2.05) is 13.8 Å². The van der Waals surface area contributed by atoms with Crippen LogP contribution in [0.4, 0.5) is 24.5 Å². The molecule has 0 saturated carbocycles. The first kappa shape index (κ1) is 17.2. The Kier molecular flexibility index (Phi) is 5.54. The average Bonchev–Trinajstić information content (AvgIpc) is 2.42. The molecular formula is C13H17F3N2O3. The van der Waals surface area contributed by atoms with Gasteiger partial charge in [0.25, 0.3) is 5.69 Å². The van der Waals surface area contributed by atoms with Gasteiger partial charge in [0.2, 0.25) is 0 Å². The van der Waals surface area contributed by atoms with Crippen molar-refractivity contribution in [1.82, 2.24) is 0 Å². The fourth-order valence-corrected chi connectivity index (χ4v) is 1.88. The summed E-state index contributed by atoms with van der Waals surface area (Å²) in [5, 5.41) is 22.7. The van der Waals surface area contributed by atoms with Gasteiger partial charge in [-0.3, -0.25) is 10.1 Å². The van der Waals surface area contributed by atoms with Gasteiger partial charge >= 0.3 is 6.18 Å². The highest BCUT2D eigenvalue weighted by molar-refractivity contribution is 5.55. The van der Waals surface area contributed by atoms with Crippen molar-refractivity contribution < 1.29 is 23.2 Å². The second-order valence-corrected chi connectivity index (χ2v) is 4.81. The van der Waals surface area contributed by atoms with E-state index in [1.165, 1.54) is 6.07 Å². The molecule has 0 saturated heterocycles. The Hall–Kier alpha value is -1.83. The number of nitro groups is 1. The molecule has 0 bridgehead atoms. The molecule has 21 heavy (non-hydrogen) atoms. The lowest BCUT2D eigenvalue weighted by Crippen LogP contribution is -2.30. The van der Waals surface area contributed by atoms with Crippen LogP contribution in [-0.4, -0.2) is 22.7 Å². The van der Waals surface area contributed by atoms with Crippen LogP contribution < -0.4 is 5.32 Å². The highest BCUT2D eigenvalue weighted by Crippen LogP contribution is 2.37. The van der Waals surface area contributed by atoms with Gasteiger partial charge in [0.15, 0.2) is 0 Å². The third kappa shape index (κ3) is 4.32. The van der Waals surface area contributed by atoms with Gasteiger partial charge in [0.05, 0.1) is 17.6 Å². The lowest BCUT2D eigenvalue weighted by molar-refractivity contribution is -0.388. The van der Waals surface area contributed by atoms with Crippen molar-refractivity contribution >= 4 is 11.4 Å². The van der Waals surface area contributed by atoms with Gasteiger partial charge in [0.1, 0.15) is 5.56 Å². The molecule has 0 spiro atoms. The summed E-state index contributed by atoms with van der Waals surface area (Å²) in [5.41, 5.74) is -2.21. The summed E-state index contributed by atoms with van der Waals surface area (Å²) in [6.07, 6.45) is -4.08. The Morgan fingerprint density at radius 3 is 2.48 bits per heavy atom. The number of hydrogen-bond acceptors (Lipinski definition) is 4. The van der Waals surface area contributed by atoms with Crippen molar-refractivity contribution in [1.29, 1.82) is 0 Å². The van der Waals surface area contributed by atoms with Crippen molar-refractivity contribution in [2.45, 2.75) is 32.5 Å². The molecule has 0 aliphatic heterocycles. The molecule has 118 valence electrons. The summed E-state index contributed by atoms with van der Waals surface area (Å²) in [6, 6.07) is 2.30. The summed E-state index contributed by atoms with van der Waals surface area (Å²) in [6.45, 7) is 3.50. The van der Waals surface area contributed by atoms with Gasteiger partial charge in [0, 0.05) is 11.8 Å². The third-order valence-electron chi connectivity index (χ3n) is 3.38. The lowest BCUT2D eigenvalue weighted by Gasteiger charge is -2.23. The summed E-state index contributed by atoms with van der Waals surface area (Å²) in [7, 11) is 0. The molecule has 0 radical (unpaired) electrons. The Morgan fingerprint density at radius 2 is 2.05 bits per heavy atom. The number of anilines is 1. The van der Waals surface area contributed by atoms with Crippen LogP contribution >= 0.6 is 0 Å². The van der Waals surface area contributed by atoms with E-state index in [9.17, 15) is 28.4 Å². The zero-order valence-electron chi connectivity index (χ0n) is 11.6. The molecular weight excluding hydrogens is 289 g/mol. The number of rotatable bonds is 6. The highest BCUT2D eigenvalue weighted by atomic mass is 19.4. The SMILES string of the molecule is CC[C@@H](C)[C@@H](CO)Nc1ccc([N+](=O)[O-])c(C(F)(F)F)c1. The maximum Gasteiger partial charge on any atom is 0.423 e. The van der Waals surface area contributed by atoms with E-state index in [2.05, 4.69) is 5.32 Å². The van der Waals surface area contributed by atoms with Crippen molar-refractivity contribution in [2.24, 2.45) is 5.92 Å². The topological polar surface area (TPSA) is 75.4 Å². The molecule has 0 unspecified atom stereocenters. The predicted octanol–water partition coefficient (Wildman–Crippen LogP) is 3.43. The maximum absolute atomic E-state index is 12.9. The minimum absolute atomic E-state index is 0.0412. The zero-order valence-corrected chi connectivity index (χ0v) is 11.6. The number of aliphatic hydroxyl groups is 1. The standard InChI is InChI=1S/C13H17F3N2O3/c1-3-8(2)11(7-19)17-9-4-5-12(18(20)21)10(6-9)13(14,15)16/h4-6,8,11,17,19H,3,7H2,1-2H3/t8-,11-/m1/s1. The van der Waals surface area contributed by atoms with Gasteiger partial charge in [-0.05, 0) is 18.1 Å². The number of nitrogens with zero attached hydrogens (tertiary/aromatic N) is 1. The normalized spacial score (nSPS) is 14.6. The Labute approximate surface area is 119 Å². The number of nitrogens with one attached hydrogen (secondary N) is 1. The number of aliphatic hydroxyl groups excluding tert-OH is 1. The van der Waals surface area contributed by atoms with E-state index in [0.29, 0.717) is 6.07 Å². The smallest absolute Gasteiger partial charge is 0.394 e. The van der Waals surface area contributed by atoms with E-state index in [0.717, 1.165) is 12.5 Å². The van der Waals surface area contributed by atoms with E-state index in [1.54, 1.807) is 0 Å². The first-order valence-electron chi connectivity index (χ1n) is 6.43. The second-order valence-electron chi connectivity index (χ2n) is 4.81. The minimum atomic E-state index is -4.81. The van der Waals surface area contributed by atoms with E-state index in [-0.39, 0.29) is 18.2 Å². The molecule has 0 amide bonds. The Balaban J connectivity index is 3.14. The molecule has 5 nitrogen and oxygen atoms in total. The summed E-state index contributed by atoms with van der Waals surface area (Å²) in [4.78, 5) is 9.59. The van der Waals surface area contributed by atoms with Crippen LogP contribution in [0.1, 0.15) is 25.8 Å². The zero-order chi connectivity index (χ0) is 16.2. The fraction of sp³-hybridized carbons (Fsp3) is 0.538. The van der Waals surface area contributed by atoms with Gasteiger partial charge < -0.3 is 10.4 Å². The molecule has 0 fully saturated rings. The van der Waals surface area contributed by atoms with Gasteiger partial charge in [-0.1, -0.05) is 20.3 Å². The number of halogens is 3. The van der Waals surface area contributed by atoms with E-state index < -0.39 is 28.4 Å². The first-order chi connectivity index (χ1) is 9.70. The van der Waals surface area contributed by atoms with Gasteiger partial charge in [-0.25, -0.2) is 0 Å². The molecule has 1 rings (SSSR count). The Bertz CT molecular complexity index is 506. The highest BCUT2D eigenvalue weighted by Gasteiger charge is 2.38. The molecule has 1 aromatic rings. The van der Waals surface area contributed by atoms with Crippen molar-refractivity contribution in [3.05, 3.63) is 33.9 Å². The van der Waals surface area contributed by atoms with Crippen LogP contribution in [-0.2, 0) is 6.18 Å². The number of nitro benzene ring substituents is 1. The quantitative estimate of drug-likeness (QED) is 0.623. The van der Waals surface area contributed by atoms with Crippen molar-refractivity contribution in [3.8, 4) is 0 Å². The van der Waals surface area contributed by atoms with E-state index >= 15 is 0 Å². The summed E-state index contributed by atoms with van der Waals surface area (Å²) in [5.74, 6) is 0.0412. The maximum atomic E-state index is 12.9. The number of alkyl halides is 3. The molecule has 0 heterocycles. The molecule has 0 aromatic heterocycles. The second kappa shape index (κ2) is 6.75. The largest absolute Gasteiger partial charge is 0.423 e. The average molecular weight is 306 g/mol. The van der Waals surface area contributed by atoms with Crippen LogP contribution in [0.5, 0.6) is 0 Å².